The number of amides is 1. The fraction of sp³-hybridized carbons (Fsp3) is 0.562. The van der Waals surface area contributed by atoms with Crippen LogP contribution in [0.2, 0.25) is 0 Å². The smallest absolute Gasteiger partial charge is 0.226 e. The second kappa shape index (κ2) is 6.15. The molecule has 0 unspecified atom stereocenters. The fourth-order valence-corrected chi connectivity index (χ4v) is 3.22. The van der Waals surface area contributed by atoms with E-state index in [-0.39, 0.29) is 29.8 Å². The van der Waals surface area contributed by atoms with E-state index in [1.807, 2.05) is 0 Å². The molecule has 1 amide bonds. The lowest BCUT2D eigenvalue weighted by Crippen LogP contribution is -2.55. The van der Waals surface area contributed by atoms with Crippen LogP contribution in [0.1, 0.15) is 36.8 Å². The molecule has 0 aromatic heterocycles. The van der Waals surface area contributed by atoms with E-state index in [4.69, 9.17) is 0 Å². The minimum Gasteiger partial charge on any atom is -0.346 e. The largest absolute Gasteiger partial charge is 0.346 e. The quantitative estimate of drug-likeness (QED) is 0.899. The van der Waals surface area contributed by atoms with Crippen LogP contribution in [0.5, 0.6) is 0 Å². The van der Waals surface area contributed by atoms with Gasteiger partial charge in [-0.05, 0) is 25.3 Å². The molecule has 1 aliphatic heterocycles. The molecule has 1 saturated carbocycles. The summed E-state index contributed by atoms with van der Waals surface area (Å²) in [5, 5.41) is 6.53. The zero-order valence-electron chi connectivity index (χ0n) is 11.9. The number of aryl methyl sites for hydroxylation is 1. The van der Waals surface area contributed by atoms with Crippen LogP contribution in [0, 0.1) is 12.8 Å². The van der Waals surface area contributed by atoms with Crippen molar-refractivity contribution in [3.05, 3.63) is 35.4 Å². The van der Waals surface area contributed by atoms with Gasteiger partial charge in [-0.25, -0.2) is 0 Å². The Morgan fingerprint density at radius 1 is 1.30 bits per heavy atom. The summed E-state index contributed by atoms with van der Waals surface area (Å²) in [6.07, 6.45) is 4.55. The van der Waals surface area contributed by atoms with Gasteiger partial charge in [0, 0.05) is 13.1 Å². The Labute approximate surface area is 126 Å². The Morgan fingerprint density at radius 2 is 2.00 bits per heavy atom. The maximum absolute atomic E-state index is 12.3. The highest BCUT2D eigenvalue weighted by atomic mass is 35.5. The van der Waals surface area contributed by atoms with Crippen LogP contribution < -0.4 is 10.6 Å². The molecule has 2 fully saturated rings. The summed E-state index contributed by atoms with van der Waals surface area (Å²) in [5.41, 5.74) is 2.44. The molecule has 0 radical (unpaired) electrons. The van der Waals surface area contributed by atoms with Gasteiger partial charge < -0.3 is 10.6 Å². The molecule has 0 bridgehead atoms. The predicted octanol–water partition coefficient (Wildman–Crippen LogP) is 2.52. The third-order valence-corrected chi connectivity index (χ3v) is 4.54. The van der Waals surface area contributed by atoms with Gasteiger partial charge in [-0.15, -0.1) is 12.4 Å². The number of hydrogen-bond donors (Lipinski definition) is 2. The minimum atomic E-state index is -0.112. The molecule has 0 spiro atoms. The number of rotatable bonds is 3. The molecule has 3 rings (SSSR count). The SMILES string of the molecule is Cc1cccc(C2(NC(=O)C3CNC3)CCCC2)c1.Cl. The van der Waals surface area contributed by atoms with E-state index in [1.165, 1.54) is 24.0 Å². The van der Waals surface area contributed by atoms with Crippen molar-refractivity contribution >= 4 is 18.3 Å². The van der Waals surface area contributed by atoms with Gasteiger partial charge in [-0.2, -0.15) is 0 Å². The van der Waals surface area contributed by atoms with E-state index in [0.717, 1.165) is 25.9 Å². The Hall–Kier alpha value is -1.06. The third kappa shape index (κ3) is 2.84. The zero-order valence-corrected chi connectivity index (χ0v) is 12.8. The predicted molar refractivity (Wildman–Crippen MR) is 83.1 cm³/mol. The Bertz CT molecular complexity index is 479. The summed E-state index contributed by atoms with van der Waals surface area (Å²) in [7, 11) is 0. The van der Waals surface area contributed by atoms with Gasteiger partial charge in [-0.3, -0.25) is 4.79 Å². The topological polar surface area (TPSA) is 41.1 Å². The van der Waals surface area contributed by atoms with E-state index in [0.29, 0.717) is 0 Å². The normalized spacial score (nSPS) is 20.9. The van der Waals surface area contributed by atoms with Crippen molar-refractivity contribution in [3.63, 3.8) is 0 Å². The lowest BCUT2D eigenvalue weighted by Gasteiger charge is -2.35. The van der Waals surface area contributed by atoms with Crippen LogP contribution in [-0.2, 0) is 10.3 Å². The van der Waals surface area contributed by atoms with Crippen LogP contribution >= 0.6 is 12.4 Å². The van der Waals surface area contributed by atoms with Gasteiger partial charge in [0.05, 0.1) is 11.5 Å². The van der Waals surface area contributed by atoms with E-state index >= 15 is 0 Å². The molecule has 1 heterocycles. The molecule has 1 aromatic carbocycles. The fourth-order valence-electron chi connectivity index (χ4n) is 3.22. The maximum Gasteiger partial charge on any atom is 0.226 e. The Balaban J connectivity index is 0.00000147. The lowest BCUT2D eigenvalue weighted by atomic mass is 9.86. The number of halogens is 1. The summed E-state index contributed by atoms with van der Waals surface area (Å²) >= 11 is 0. The molecule has 0 atom stereocenters. The van der Waals surface area contributed by atoms with E-state index in [9.17, 15) is 4.79 Å². The van der Waals surface area contributed by atoms with Crippen LogP contribution in [0.3, 0.4) is 0 Å². The third-order valence-electron chi connectivity index (χ3n) is 4.54. The monoisotopic (exact) mass is 294 g/mol. The highest BCUT2D eigenvalue weighted by Crippen LogP contribution is 2.39. The number of carbonyl (C=O) groups is 1. The van der Waals surface area contributed by atoms with Crippen molar-refractivity contribution in [2.24, 2.45) is 5.92 Å². The summed E-state index contributed by atoms with van der Waals surface area (Å²) in [5.74, 6) is 0.393. The van der Waals surface area contributed by atoms with Gasteiger partial charge in [-0.1, -0.05) is 42.7 Å². The molecule has 1 aliphatic carbocycles. The Kier molecular flexibility index (Phi) is 4.71. The van der Waals surface area contributed by atoms with Crippen LogP contribution in [0.25, 0.3) is 0 Å². The number of hydrogen-bond acceptors (Lipinski definition) is 2. The first kappa shape index (κ1) is 15.3. The molecule has 1 saturated heterocycles. The summed E-state index contributed by atoms with van der Waals surface area (Å²) < 4.78 is 0. The van der Waals surface area contributed by atoms with Gasteiger partial charge in [0.1, 0.15) is 0 Å². The first-order chi connectivity index (χ1) is 9.20. The van der Waals surface area contributed by atoms with Gasteiger partial charge in [0.25, 0.3) is 0 Å². The van der Waals surface area contributed by atoms with Crippen molar-refractivity contribution in [1.82, 2.24) is 10.6 Å². The summed E-state index contributed by atoms with van der Waals surface area (Å²) in [4.78, 5) is 12.3. The van der Waals surface area contributed by atoms with Gasteiger partial charge in [0.2, 0.25) is 5.91 Å². The van der Waals surface area contributed by atoms with Crippen molar-refractivity contribution in [1.29, 1.82) is 0 Å². The number of benzene rings is 1. The van der Waals surface area contributed by atoms with Crippen molar-refractivity contribution in [2.75, 3.05) is 13.1 Å². The lowest BCUT2D eigenvalue weighted by molar-refractivity contribution is -0.128. The summed E-state index contributed by atoms with van der Waals surface area (Å²) in [6, 6.07) is 8.61. The van der Waals surface area contributed by atoms with Crippen LogP contribution in [0.4, 0.5) is 0 Å². The molecule has 20 heavy (non-hydrogen) atoms. The average Bonchev–Trinajstić information content (AvgIpc) is 2.76. The second-order valence-corrected chi connectivity index (χ2v) is 6.00. The van der Waals surface area contributed by atoms with Gasteiger partial charge >= 0.3 is 0 Å². The molecular weight excluding hydrogens is 272 g/mol. The number of nitrogens with one attached hydrogen (secondary N) is 2. The van der Waals surface area contributed by atoms with E-state index in [1.54, 1.807) is 0 Å². The van der Waals surface area contributed by atoms with Crippen molar-refractivity contribution < 1.29 is 4.79 Å². The minimum absolute atomic E-state index is 0. The highest BCUT2D eigenvalue weighted by molar-refractivity contribution is 5.85. The standard InChI is InChI=1S/C16H22N2O.ClH/c1-12-5-4-6-14(9-12)16(7-2-3-8-16)18-15(19)13-10-17-11-13;/h4-6,9,13,17H,2-3,7-8,10-11H2,1H3,(H,18,19);1H. The van der Waals surface area contributed by atoms with Gasteiger partial charge in [0.15, 0.2) is 0 Å². The summed E-state index contributed by atoms with van der Waals surface area (Å²) in [6.45, 7) is 3.77. The second-order valence-electron chi connectivity index (χ2n) is 6.00. The van der Waals surface area contributed by atoms with Crippen molar-refractivity contribution in [3.8, 4) is 0 Å². The molecule has 110 valence electrons. The van der Waals surface area contributed by atoms with Crippen molar-refractivity contribution in [2.45, 2.75) is 38.1 Å². The molecular formula is C16H23ClN2O. The average molecular weight is 295 g/mol. The van der Waals surface area contributed by atoms with E-state index in [2.05, 4.69) is 41.8 Å². The van der Waals surface area contributed by atoms with Crippen LogP contribution in [-0.4, -0.2) is 19.0 Å². The molecule has 2 N–H and O–H groups in total. The molecule has 2 aliphatic rings. The molecule has 4 heteroatoms. The van der Waals surface area contributed by atoms with Crippen LogP contribution in [0.15, 0.2) is 24.3 Å². The Morgan fingerprint density at radius 3 is 2.55 bits per heavy atom. The molecule has 3 nitrogen and oxygen atoms in total. The maximum atomic E-state index is 12.3. The zero-order chi connectivity index (χ0) is 13.3. The van der Waals surface area contributed by atoms with E-state index < -0.39 is 0 Å². The number of carbonyl (C=O) groups excluding carboxylic acids is 1. The highest BCUT2D eigenvalue weighted by Gasteiger charge is 2.39. The first-order valence-corrected chi connectivity index (χ1v) is 7.29. The molecule has 1 aromatic rings. The first-order valence-electron chi connectivity index (χ1n) is 7.29.